The molecule has 0 spiro atoms. The summed E-state index contributed by atoms with van der Waals surface area (Å²) in [5.41, 5.74) is 0.881. The smallest absolute Gasteiger partial charge is 0.171 e. The Morgan fingerprint density at radius 2 is 1.95 bits per heavy atom. The summed E-state index contributed by atoms with van der Waals surface area (Å²) in [6, 6.07) is 7.54. The Morgan fingerprint density at radius 1 is 1.21 bits per heavy atom. The predicted molar refractivity (Wildman–Crippen MR) is 79.2 cm³/mol. The molecule has 0 aliphatic rings. The van der Waals surface area contributed by atoms with Crippen molar-refractivity contribution < 1.29 is 0 Å². The monoisotopic (exact) mass is 278 g/mol. The maximum absolute atomic E-state index is 5.98. The molecular weight excluding hydrogens is 260 g/mol. The molecule has 0 radical (unpaired) electrons. The highest BCUT2D eigenvalue weighted by Gasteiger charge is 2.10. The van der Waals surface area contributed by atoms with Crippen molar-refractivity contribution in [3.8, 4) is 5.69 Å². The minimum absolute atomic E-state index is 0.690. The van der Waals surface area contributed by atoms with E-state index in [0.717, 1.165) is 37.4 Å². The number of aromatic nitrogens is 3. The first-order valence-electron chi connectivity index (χ1n) is 6.67. The lowest BCUT2D eigenvalue weighted by Crippen LogP contribution is -2.25. The van der Waals surface area contributed by atoms with Gasteiger partial charge in [0.05, 0.1) is 11.9 Å². The van der Waals surface area contributed by atoms with Crippen molar-refractivity contribution in [2.24, 2.45) is 0 Å². The zero-order valence-electron chi connectivity index (χ0n) is 11.4. The summed E-state index contributed by atoms with van der Waals surface area (Å²) in [5.74, 6) is 0.920. The Kier molecular flexibility index (Phi) is 4.80. The van der Waals surface area contributed by atoms with Crippen molar-refractivity contribution >= 4 is 17.4 Å². The average Bonchev–Trinajstić information content (AvgIpc) is 2.88. The molecule has 0 N–H and O–H groups in total. The molecule has 0 unspecified atom stereocenters. The highest BCUT2D eigenvalue weighted by Crippen LogP contribution is 2.16. The third kappa shape index (κ3) is 3.47. The lowest BCUT2D eigenvalue weighted by Gasteiger charge is -2.19. The number of halogens is 1. The number of anilines is 1. The molecule has 0 fully saturated rings. The highest BCUT2D eigenvalue weighted by atomic mass is 35.5. The molecule has 5 heteroatoms. The van der Waals surface area contributed by atoms with Crippen LogP contribution in [-0.2, 0) is 0 Å². The number of hydrogen-bond acceptors (Lipinski definition) is 3. The summed E-state index contributed by atoms with van der Waals surface area (Å²) < 4.78 is 0. The molecule has 0 saturated carbocycles. The van der Waals surface area contributed by atoms with Crippen LogP contribution in [0.5, 0.6) is 0 Å². The first-order chi connectivity index (χ1) is 9.24. The largest absolute Gasteiger partial charge is 0.354 e. The molecule has 19 heavy (non-hydrogen) atoms. The second kappa shape index (κ2) is 6.57. The first-order valence-corrected chi connectivity index (χ1v) is 7.05. The summed E-state index contributed by atoms with van der Waals surface area (Å²) >= 11 is 5.98. The van der Waals surface area contributed by atoms with Gasteiger partial charge in [0.25, 0.3) is 0 Å². The molecule has 0 atom stereocenters. The van der Waals surface area contributed by atoms with Crippen molar-refractivity contribution in [2.45, 2.75) is 26.7 Å². The van der Waals surface area contributed by atoms with Gasteiger partial charge in [-0.05, 0) is 31.0 Å². The van der Waals surface area contributed by atoms with Gasteiger partial charge >= 0.3 is 0 Å². The minimum Gasteiger partial charge on any atom is -0.354 e. The summed E-state index contributed by atoms with van der Waals surface area (Å²) in [6.07, 6.45) is 4.01. The summed E-state index contributed by atoms with van der Waals surface area (Å²) in [4.78, 5) is 3.88. The predicted octanol–water partition coefficient (Wildman–Crippen LogP) is 3.55. The van der Waals surface area contributed by atoms with Gasteiger partial charge in [-0.3, -0.25) is 0 Å². The molecule has 1 heterocycles. The summed E-state index contributed by atoms with van der Waals surface area (Å²) in [6.45, 7) is 6.35. The Bertz CT molecular complexity index is 518. The molecule has 1 aromatic heterocycles. The van der Waals surface area contributed by atoms with E-state index in [2.05, 4.69) is 28.9 Å². The molecule has 2 rings (SSSR count). The lowest BCUT2D eigenvalue weighted by atomic mass is 10.3. The van der Waals surface area contributed by atoms with Crippen LogP contribution in [-0.4, -0.2) is 28.1 Å². The van der Waals surface area contributed by atoms with Gasteiger partial charge in [-0.2, -0.15) is 5.10 Å². The van der Waals surface area contributed by atoms with E-state index in [1.54, 1.807) is 4.80 Å². The van der Waals surface area contributed by atoms with Gasteiger partial charge in [0.1, 0.15) is 0 Å². The molecule has 0 aliphatic heterocycles. The van der Waals surface area contributed by atoms with E-state index in [4.69, 9.17) is 11.6 Å². The van der Waals surface area contributed by atoms with E-state index in [1.807, 2.05) is 30.5 Å². The molecule has 0 amide bonds. The van der Waals surface area contributed by atoms with E-state index in [9.17, 15) is 0 Å². The number of benzene rings is 1. The van der Waals surface area contributed by atoms with Crippen molar-refractivity contribution in [3.05, 3.63) is 35.5 Å². The molecule has 1 aromatic carbocycles. The Labute approximate surface area is 119 Å². The summed E-state index contributed by atoms with van der Waals surface area (Å²) in [5, 5.41) is 9.54. The molecular formula is C14H19ClN4. The Hall–Kier alpha value is -1.55. The number of rotatable bonds is 6. The van der Waals surface area contributed by atoms with Crippen LogP contribution in [0.2, 0.25) is 5.02 Å². The maximum Gasteiger partial charge on any atom is 0.171 e. The van der Waals surface area contributed by atoms with Crippen LogP contribution in [0, 0.1) is 0 Å². The molecule has 102 valence electrons. The van der Waals surface area contributed by atoms with Gasteiger partial charge in [0, 0.05) is 18.1 Å². The van der Waals surface area contributed by atoms with Crippen LogP contribution in [0.15, 0.2) is 30.5 Å². The standard InChI is InChI=1S/C14H19ClN4/c1-3-8-18(9-4-2)14-11-16-19(17-14)13-7-5-6-12(15)10-13/h5-7,10-11H,3-4,8-9H2,1-2H3. The van der Waals surface area contributed by atoms with Crippen molar-refractivity contribution in [3.63, 3.8) is 0 Å². The van der Waals surface area contributed by atoms with Gasteiger partial charge in [-0.15, -0.1) is 9.90 Å². The van der Waals surface area contributed by atoms with Crippen molar-refractivity contribution in [1.82, 2.24) is 15.0 Å². The average molecular weight is 279 g/mol. The lowest BCUT2D eigenvalue weighted by molar-refractivity contribution is 0.708. The topological polar surface area (TPSA) is 34.0 Å². The van der Waals surface area contributed by atoms with Gasteiger partial charge in [0.2, 0.25) is 0 Å². The van der Waals surface area contributed by atoms with Gasteiger partial charge in [0.15, 0.2) is 5.82 Å². The molecule has 0 aliphatic carbocycles. The molecule has 0 bridgehead atoms. The minimum atomic E-state index is 0.690. The zero-order valence-corrected chi connectivity index (χ0v) is 12.1. The maximum atomic E-state index is 5.98. The summed E-state index contributed by atoms with van der Waals surface area (Å²) in [7, 11) is 0. The quantitative estimate of drug-likeness (QED) is 0.810. The van der Waals surface area contributed by atoms with Crippen molar-refractivity contribution in [1.29, 1.82) is 0 Å². The van der Waals surface area contributed by atoms with Crippen LogP contribution < -0.4 is 4.90 Å². The van der Waals surface area contributed by atoms with E-state index in [1.165, 1.54) is 0 Å². The van der Waals surface area contributed by atoms with E-state index < -0.39 is 0 Å². The molecule has 0 saturated heterocycles. The van der Waals surface area contributed by atoms with Crippen LogP contribution >= 0.6 is 11.6 Å². The van der Waals surface area contributed by atoms with Crippen molar-refractivity contribution in [2.75, 3.05) is 18.0 Å². The van der Waals surface area contributed by atoms with E-state index in [0.29, 0.717) is 5.02 Å². The molecule has 4 nitrogen and oxygen atoms in total. The van der Waals surface area contributed by atoms with Crippen LogP contribution in [0.3, 0.4) is 0 Å². The van der Waals surface area contributed by atoms with Crippen LogP contribution in [0.25, 0.3) is 5.69 Å². The fourth-order valence-electron chi connectivity index (χ4n) is 2.01. The fourth-order valence-corrected chi connectivity index (χ4v) is 2.19. The number of hydrogen-bond donors (Lipinski definition) is 0. The Balaban J connectivity index is 2.22. The van der Waals surface area contributed by atoms with E-state index >= 15 is 0 Å². The SMILES string of the molecule is CCCN(CCC)c1cnn(-c2cccc(Cl)c2)n1. The van der Waals surface area contributed by atoms with Gasteiger partial charge < -0.3 is 4.90 Å². The normalized spacial score (nSPS) is 10.7. The molecule has 2 aromatic rings. The zero-order chi connectivity index (χ0) is 13.7. The second-order valence-electron chi connectivity index (χ2n) is 4.46. The fraction of sp³-hybridized carbons (Fsp3) is 0.429. The van der Waals surface area contributed by atoms with Crippen LogP contribution in [0.4, 0.5) is 5.82 Å². The van der Waals surface area contributed by atoms with Gasteiger partial charge in [-0.25, -0.2) is 0 Å². The van der Waals surface area contributed by atoms with Gasteiger partial charge in [-0.1, -0.05) is 31.5 Å². The highest BCUT2D eigenvalue weighted by molar-refractivity contribution is 6.30. The van der Waals surface area contributed by atoms with E-state index in [-0.39, 0.29) is 0 Å². The first kappa shape index (κ1) is 13.9. The van der Waals surface area contributed by atoms with Crippen LogP contribution in [0.1, 0.15) is 26.7 Å². The third-order valence-corrected chi connectivity index (χ3v) is 3.07. The number of nitrogens with zero attached hydrogens (tertiary/aromatic N) is 4. The second-order valence-corrected chi connectivity index (χ2v) is 4.90. The third-order valence-electron chi connectivity index (χ3n) is 2.83. The Morgan fingerprint density at radius 3 is 2.58 bits per heavy atom.